The summed E-state index contributed by atoms with van der Waals surface area (Å²) in [7, 11) is 1.68. The Morgan fingerprint density at radius 1 is 1.10 bits per heavy atom. The van der Waals surface area contributed by atoms with E-state index in [9.17, 15) is 0 Å². The Balaban J connectivity index is 2.00. The van der Waals surface area contributed by atoms with E-state index in [2.05, 4.69) is 43.4 Å². The zero-order chi connectivity index (χ0) is 15.3. The van der Waals surface area contributed by atoms with Gasteiger partial charge in [0.05, 0.1) is 7.11 Å². The summed E-state index contributed by atoms with van der Waals surface area (Å²) in [5.74, 6) is 0.865. The minimum Gasteiger partial charge on any atom is -0.496 e. The molecule has 0 aliphatic rings. The number of hydrogen-bond donors (Lipinski definition) is 1. The van der Waals surface area contributed by atoms with E-state index < -0.39 is 0 Å². The van der Waals surface area contributed by atoms with Crippen LogP contribution in [0, 0.1) is 0 Å². The molecule has 0 unspecified atom stereocenters. The molecule has 0 fully saturated rings. The fourth-order valence-electron chi connectivity index (χ4n) is 2.39. The van der Waals surface area contributed by atoms with Crippen LogP contribution in [-0.4, -0.2) is 13.7 Å². The van der Waals surface area contributed by atoms with Gasteiger partial charge in [-0.1, -0.05) is 55.8 Å². The average Bonchev–Trinajstić information content (AvgIpc) is 2.48. The van der Waals surface area contributed by atoms with Crippen molar-refractivity contribution in [3.05, 3.63) is 64.7 Å². The first kappa shape index (κ1) is 15.9. The molecule has 0 bridgehead atoms. The molecule has 0 spiro atoms. The minimum atomic E-state index is 0.0765. The molecule has 0 radical (unpaired) electrons. The fraction of sp³-hybridized carbons (Fsp3) is 0.333. The molecule has 0 heterocycles. The number of nitrogens with one attached hydrogen (secondary N) is 1. The molecule has 2 aromatic rings. The number of ether oxygens (including phenoxy) is 1. The largest absolute Gasteiger partial charge is 0.496 e. The third-order valence-electron chi connectivity index (χ3n) is 3.68. The Morgan fingerprint density at radius 3 is 2.48 bits per heavy atom. The molecule has 2 nitrogen and oxygen atoms in total. The van der Waals surface area contributed by atoms with E-state index in [1.165, 1.54) is 5.56 Å². The molecule has 21 heavy (non-hydrogen) atoms. The van der Waals surface area contributed by atoms with Gasteiger partial charge in [0.25, 0.3) is 0 Å². The molecule has 0 aromatic heterocycles. The molecule has 0 amide bonds. The van der Waals surface area contributed by atoms with Crippen molar-refractivity contribution in [2.24, 2.45) is 0 Å². The van der Waals surface area contributed by atoms with Crippen molar-refractivity contribution >= 4 is 11.6 Å². The van der Waals surface area contributed by atoms with Crippen molar-refractivity contribution < 1.29 is 4.74 Å². The van der Waals surface area contributed by atoms with Gasteiger partial charge in [-0.15, -0.1) is 0 Å². The van der Waals surface area contributed by atoms with E-state index >= 15 is 0 Å². The van der Waals surface area contributed by atoms with Crippen LogP contribution in [-0.2, 0) is 12.0 Å². The lowest BCUT2D eigenvalue weighted by atomic mass is 9.84. The Morgan fingerprint density at radius 2 is 1.81 bits per heavy atom. The molecule has 0 atom stereocenters. The number of methoxy groups -OCH3 is 1. The number of benzene rings is 2. The smallest absolute Gasteiger partial charge is 0.123 e. The van der Waals surface area contributed by atoms with Crippen LogP contribution >= 0.6 is 11.6 Å². The Kier molecular flexibility index (Phi) is 5.27. The van der Waals surface area contributed by atoms with Crippen LogP contribution in [0.1, 0.15) is 25.0 Å². The second-order valence-electron chi connectivity index (χ2n) is 5.81. The van der Waals surface area contributed by atoms with Crippen LogP contribution in [0.5, 0.6) is 5.75 Å². The second-order valence-corrected chi connectivity index (χ2v) is 6.25. The van der Waals surface area contributed by atoms with Gasteiger partial charge in [0, 0.05) is 29.1 Å². The van der Waals surface area contributed by atoms with Crippen LogP contribution < -0.4 is 10.1 Å². The van der Waals surface area contributed by atoms with Gasteiger partial charge in [-0.25, -0.2) is 0 Å². The molecule has 2 rings (SSSR count). The lowest BCUT2D eigenvalue weighted by Gasteiger charge is -2.26. The van der Waals surface area contributed by atoms with E-state index in [1.54, 1.807) is 7.11 Å². The number of rotatable bonds is 6. The molecule has 1 N–H and O–H groups in total. The summed E-state index contributed by atoms with van der Waals surface area (Å²) >= 11 is 6.06. The van der Waals surface area contributed by atoms with Gasteiger partial charge >= 0.3 is 0 Å². The van der Waals surface area contributed by atoms with Gasteiger partial charge in [0.15, 0.2) is 0 Å². The Labute approximate surface area is 132 Å². The maximum atomic E-state index is 6.06. The van der Waals surface area contributed by atoms with E-state index in [0.717, 1.165) is 29.4 Å². The summed E-state index contributed by atoms with van der Waals surface area (Å²) in [5.41, 5.74) is 2.48. The molecule has 3 heteroatoms. The summed E-state index contributed by atoms with van der Waals surface area (Å²) in [6, 6.07) is 16.2. The molecule has 112 valence electrons. The topological polar surface area (TPSA) is 21.3 Å². The van der Waals surface area contributed by atoms with Crippen LogP contribution in [0.3, 0.4) is 0 Å². The van der Waals surface area contributed by atoms with Gasteiger partial charge in [-0.2, -0.15) is 0 Å². The molecular formula is C18H22ClNO. The zero-order valence-corrected chi connectivity index (χ0v) is 13.6. The summed E-state index contributed by atoms with van der Waals surface area (Å²) in [6.07, 6.45) is 0. The highest BCUT2D eigenvalue weighted by Crippen LogP contribution is 2.24. The second kappa shape index (κ2) is 6.97. The van der Waals surface area contributed by atoms with E-state index in [4.69, 9.17) is 16.3 Å². The molecule has 0 saturated heterocycles. The highest BCUT2D eigenvalue weighted by Gasteiger charge is 2.19. The number of hydrogen-bond acceptors (Lipinski definition) is 2. The molecule has 0 aliphatic heterocycles. The van der Waals surface area contributed by atoms with Crippen molar-refractivity contribution in [2.75, 3.05) is 13.7 Å². The lowest BCUT2D eigenvalue weighted by molar-refractivity contribution is 0.404. The molecule has 0 aliphatic carbocycles. The van der Waals surface area contributed by atoms with E-state index in [-0.39, 0.29) is 5.41 Å². The minimum absolute atomic E-state index is 0.0765. The van der Waals surface area contributed by atoms with Crippen LogP contribution in [0.2, 0.25) is 5.02 Å². The predicted molar refractivity (Wildman–Crippen MR) is 89.2 cm³/mol. The maximum absolute atomic E-state index is 6.06. The van der Waals surface area contributed by atoms with E-state index in [0.29, 0.717) is 0 Å². The van der Waals surface area contributed by atoms with Gasteiger partial charge in [-0.3, -0.25) is 0 Å². The van der Waals surface area contributed by atoms with Gasteiger partial charge in [-0.05, 0) is 23.8 Å². The first-order valence-corrected chi connectivity index (χ1v) is 7.49. The number of halogens is 1. The van der Waals surface area contributed by atoms with Crippen LogP contribution in [0.25, 0.3) is 0 Å². The zero-order valence-electron chi connectivity index (χ0n) is 12.8. The van der Waals surface area contributed by atoms with Gasteiger partial charge < -0.3 is 10.1 Å². The van der Waals surface area contributed by atoms with Gasteiger partial charge in [0.2, 0.25) is 0 Å². The quantitative estimate of drug-likeness (QED) is 0.853. The van der Waals surface area contributed by atoms with Crippen molar-refractivity contribution in [3.8, 4) is 5.75 Å². The molecule has 2 aromatic carbocycles. The third-order valence-corrected chi connectivity index (χ3v) is 3.92. The first-order valence-electron chi connectivity index (χ1n) is 7.11. The molecule has 0 saturated carbocycles. The SMILES string of the molecule is COc1ccc(Cl)cc1CNCC(C)(C)c1ccccc1. The van der Waals surface area contributed by atoms with Crippen LogP contribution in [0.4, 0.5) is 0 Å². The Bertz CT molecular complexity index is 581. The summed E-state index contributed by atoms with van der Waals surface area (Å²) in [6.45, 7) is 6.10. The fourth-order valence-corrected chi connectivity index (χ4v) is 2.58. The standard InChI is InChI=1S/C18H22ClNO/c1-18(2,15-7-5-4-6-8-15)13-20-12-14-11-16(19)9-10-17(14)21-3/h4-11,20H,12-13H2,1-3H3. The van der Waals surface area contributed by atoms with Gasteiger partial charge in [0.1, 0.15) is 5.75 Å². The van der Waals surface area contributed by atoms with Crippen molar-refractivity contribution in [1.82, 2.24) is 5.32 Å². The summed E-state index contributed by atoms with van der Waals surface area (Å²) in [4.78, 5) is 0. The normalized spacial score (nSPS) is 11.4. The third kappa shape index (κ3) is 4.23. The Hall–Kier alpha value is -1.51. The van der Waals surface area contributed by atoms with Crippen LogP contribution in [0.15, 0.2) is 48.5 Å². The predicted octanol–water partition coefficient (Wildman–Crippen LogP) is 4.42. The van der Waals surface area contributed by atoms with Crippen molar-refractivity contribution in [1.29, 1.82) is 0 Å². The highest BCUT2D eigenvalue weighted by atomic mass is 35.5. The van der Waals surface area contributed by atoms with Crippen molar-refractivity contribution in [2.45, 2.75) is 25.8 Å². The average molecular weight is 304 g/mol. The van der Waals surface area contributed by atoms with E-state index in [1.807, 2.05) is 24.3 Å². The summed E-state index contributed by atoms with van der Waals surface area (Å²) < 4.78 is 5.37. The highest BCUT2D eigenvalue weighted by molar-refractivity contribution is 6.30. The van der Waals surface area contributed by atoms with Crippen molar-refractivity contribution in [3.63, 3.8) is 0 Å². The lowest BCUT2D eigenvalue weighted by Crippen LogP contribution is -2.32. The maximum Gasteiger partial charge on any atom is 0.123 e. The monoisotopic (exact) mass is 303 g/mol. The molecular weight excluding hydrogens is 282 g/mol. The summed E-state index contributed by atoms with van der Waals surface area (Å²) in [5, 5.41) is 4.24. The first-order chi connectivity index (χ1) is 10.0.